The van der Waals surface area contributed by atoms with E-state index in [4.69, 9.17) is 32.7 Å². The number of ether oxygens (including phenoxy) is 2. The molecule has 0 saturated carbocycles. The number of carbonyl (C=O) groups is 2. The van der Waals surface area contributed by atoms with E-state index in [1.165, 1.54) is 6.07 Å². The van der Waals surface area contributed by atoms with Gasteiger partial charge in [-0.25, -0.2) is 0 Å². The smallest absolute Gasteiger partial charge is 0.276 e. The molecular weight excluding hydrogens is 539 g/mol. The summed E-state index contributed by atoms with van der Waals surface area (Å²) in [5.74, 6) is -0.286. The van der Waals surface area contributed by atoms with Crippen molar-refractivity contribution in [2.75, 3.05) is 13.2 Å². The lowest BCUT2D eigenvalue weighted by atomic mass is 10.2. The Labute approximate surface area is 189 Å². The van der Waals surface area contributed by atoms with Crippen LogP contribution in [0.2, 0.25) is 10.0 Å². The molecule has 0 radical (unpaired) electrons. The average molecular weight is 555 g/mol. The monoisotopic (exact) mass is 552 g/mol. The molecule has 2 amide bonds. The maximum atomic E-state index is 11.8. The highest BCUT2D eigenvalue weighted by Crippen LogP contribution is 2.35. The van der Waals surface area contributed by atoms with Crippen molar-refractivity contribution >= 4 is 66.9 Å². The van der Waals surface area contributed by atoms with E-state index in [0.29, 0.717) is 15.2 Å². The number of nitrogens with one attached hydrogen (secondary N) is 2. The maximum Gasteiger partial charge on any atom is 0.276 e. The van der Waals surface area contributed by atoms with Crippen LogP contribution in [0.1, 0.15) is 12.5 Å². The lowest BCUT2D eigenvalue weighted by Crippen LogP contribution is -2.45. The molecule has 2 rings (SSSR count). The molecule has 28 heavy (non-hydrogen) atoms. The highest BCUT2D eigenvalue weighted by Gasteiger charge is 2.12. The van der Waals surface area contributed by atoms with E-state index in [1.807, 2.05) is 19.1 Å². The number of benzene rings is 2. The molecule has 0 unspecified atom stereocenters. The fourth-order valence-corrected chi connectivity index (χ4v) is 3.95. The van der Waals surface area contributed by atoms with Crippen LogP contribution in [0.25, 0.3) is 0 Å². The Hall–Kier alpha value is -1.48. The van der Waals surface area contributed by atoms with E-state index in [0.717, 1.165) is 16.5 Å². The lowest BCUT2D eigenvalue weighted by molar-refractivity contribution is -0.131. The van der Waals surface area contributed by atoms with Gasteiger partial charge in [-0.3, -0.25) is 20.4 Å². The summed E-state index contributed by atoms with van der Waals surface area (Å²) in [6.07, 6.45) is 0.894. The minimum absolute atomic E-state index is 0.254. The summed E-state index contributed by atoms with van der Waals surface area (Å²) in [6, 6.07) is 8.69. The molecule has 0 aromatic heterocycles. The van der Waals surface area contributed by atoms with Gasteiger partial charge in [-0.2, -0.15) is 0 Å². The van der Waals surface area contributed by atoms with Crippen LogP contribution < -0.4 is 20.3 Å². The Bertz CT molecular complexity index is 858. The summed E-state index contributed by atoms with van der Waals surface area (Å²) in [5.41, 5.74) is 5.62. The minimum Gasteiger partial charge on any atom is -0.483 e. The first-order valence-corrected chi connectivity index (χ1v) is 10.4. The van der Waals surface area contributed by atoms with E-state index >= 15 is 0 Å². The van der Waals surface area contributed by atoms with Crippen LogP contribution in [-0.4, -0.2) is 25.0 Å². The van der Waals surface area contributed by atoms with Crippen molar-refractivity contribution in [1.82, 2.24) is 10.9 Å². The van der Waals surface area contributed by atoms with Gasteiger partial charge in [0.25, 0.3) is 11.8 Å². The van der Waals surface area contributed by atoms with Crippen molar-refractivity contribution in [3.8, 4) is 11.5 Å². The van der Waals surface area contributed by atoms with Crippen LogP contribution in [-0.2, 0) is 16.0 Å². The molecule has 0 fully saturated rings. The quantitative estimate of drug-likeness (QED) is 0.487. The molecular formula is C18H16Br2Cl2N2O4. The highest BCUT2D eigenvalue weighted by molar-refractivity contribution is 9.10. The van der Waals surface area contributed by atoms with Gasteiger partial charge in [-0.05, 0) is 68.1 Å². The second-order valence-electron chi connectivity index (χ2n) is 5.49. The van der Waals surface area contributed by atoms with Gasteiger partial charge in [0.1, 0.15) is 5.75 Å². The third-order valence-electron chi connectivity index (χ3n) is 3.42. The molecule has 6 nitrogen and oxygen atoms in total. The normalized spacial score (nSPS) is 10.3. The van der Waals surface area contributed by atoms with Crippen LogP contribution in [0.15, 0.2) is 39.3 Å². The average Bonchev–Trinajstić information content (AvgIpc) is 2.64. The number of amides is 2. The van der Waals surface area contributed by atoms with Crippen molar-refractivity contribution in [3.05, 3.63) is 54.9 Å². The van der Waals surface area contributed by atoms with E-state index < -0.39 is 11.8 Å². The number of hydrogen-bond acceptors (Lipinski definition) is 4. The summed E-state index contributed by atoms with van der Waals surface area (Å²) in [7, 11) is 0. The fourth-order valence-electron chi connectivity index (χ4n) is 2.04. The highest BCUT2D eigenvalue weighted by atomic mass is 79.9. The third kappa shape index (κ3) is 6.84. The Morgan fingerprint density at radius 2 is 1.61 bits per heavy atom. The third-order valence-corrected chi connectivity index (χ3v) is 5.12. The molecule has 150 valence electrons. The maximum absolute atomic E-state index is 11.8. The molecule has 2 aromatic rings. The van der Waals surface area contributed by atoms with Crippen molar-refractivity contribution in [1.29, 1.82) is 0 Å². The van der Waals surface area contributed by atoms with Crippen molar-refractivity contribution in [2.45, 2.75) is 13.3 Å². The van der Waals surface area contributed by atoms with E-state index in [2.05, 4.69) is 42.7 Å². The largest absolute Gasteiger partial charge is 0.483 e. The molecule has 0 aliphatic rings. The topological polar surface area (TPSA) is 76.7 Å². The van der Waals surface area contributed by atoms with Crippen LogP contribution in [0.4, 0.5) is 0 Å². The zero-order chi connectivity index (χ0) is 20.7. The summed E-state index contributed by atoms with van der Waals surface area (Å²) in [4.78, 5) is 23.7. The molecule has 0 bridgehead atoms. The Balaban J connectivity index is 1.76. The molecule has 0 atom stereocenters. The first-order chi connectivity index (χ1) is 13.3. The van der Waals surface area contributed by atoms with Crippen LogP contribution in [0, 0.1) is 0 Å². The number of aryl methyl sites for hydroxylation is 1. The molecule has 0 aliphatic carbocycles. The van der Waals surface area contributed by atoms with Crippen LogP contribution >= 0.6 is 55.1 Å². The van der Waals surface area contributed by atoms with Gasteiger partial charge >= 0.3 is 0 Å². The molecule has 0 spiro atoms. The van der Waals surface area contributed by atoms with Crippen molar-refractivity contribution in [3.63, 3.8) is 0 Å². The van der Waals surface area contributed by atoms with Gasteiger partial charge in [-0.1, -0.05) is 36.2 Å². The Kier molecular flexibility index (Phi) is 8.88. The summed E-state index contributed by atoms with van der Waals surface area (Å²) in [6.45, 7) is 1.42. The predicted molar refractivity (Wildman–Crippen MR) is 115 cm³/mol. The molecule has 0 saturated heterocycles. The number of hydrogen-bond donors (Lipinski definition) is 2. The fraction of sp³-hybridized carbons (Fsp3) is 0.222. The number of hydrazine groups is 1. The van der Waals surface area contributed by atoms with E-state index in [1.54, 1.807) is 12.1 Å². The van der Waals surface area contributed by atoms with Crippen LogP contribution in [0.3, 0.4) is 0 Å². The molecule has 0 heterocycles. The summed E-state index contributed by atoms with van der Waals surface area (Å²) >= 11 is 18.5. The Morgan fingerprint density at radius 1 is 0.964 bits per heavy atom. The van der Waals surface area contributed by atoms with Gasteiger partial charge in [-0.15, -0.1) is 0 Å². The predicted octanol–water partition coefficient (Wildman–Crippen LogP) is 4.69. The zero-order valence-corrected chi connectivity index (χ0v) is 19.3. The van der Waals surface area contributed by atoms with Gasteiger partial charge in [0.15, 0.2) is 19.0 Å². The van der Waals surface area contributed by atoms with Crippen molar-refractivity contribution < 1.29 is 19.1 Å². The van der Waals surface area contributed by atoms with Gasteiger partial charge in [0, 0.05) is 5.02 Å². The van der Waals surface area contributed by atoms with Gasteiger partial charge in [0.05, 0.1) is 14.0 Å². The molecule has 2 aromatic carbocycles. The molecule has 0 aliphatic heterocycles. The van der Waals surface area contributed by atoms with E-state index in [9.17, 15) is 9.59 Å². The SMILES string of the molecule is CCc1ccc(OCC(=O)NNC(=O)COc2c(Cl)cc(Cl)cc2Br)c(Br)c1. The number of halogens is 4. The lowest BCUT2D eigenvalue weighted by Gasteiger charge is -2.12. The van der Waals surface area contributed by atoms with Gasteiger partial charge < -0.3 is 9.47 Å². The second kappa shape index (κ2) is 10.9. The second-order valence-corrected chi connectivity index (χ2v) is 8.04. The molecule has 10 heteroatoms. The van der Waals surface area contributed by atoms with Crippen molar-refractivity contribution in [2.24, 2.45) is 0 Å². The first kappa shape index (κ1) is 22.8. The zero-order valence-electron chi connectivity index (χ0n) is 14.7. The number of carbonyl (C=O) groups excluding carboxylic acids is 2. The summed E-state index contributed by atoms with van der Waals surface area (Å²) < 4.78 is 12.0. The van der Waals surface area contributed by atoms with E-state index in [-0.39, 0.29) is 24.0 Å². The standard InChI is InChI=1S/C18H16Br2Cl2N2O4/c1-2-10-3-4-15(12(19)5-10)27-8-16(25)23-24-17(26)9-28-18-13(20)6-11(21)7-14(18)22/h3-7H,2,8-9H2,1H3,(H,23,25)(H,24,26). The number of rotatable bonds is 7. The molecule has 2 N–H and O–H groups in total. The summed E-state index contributed by atoms with van der Waals surface area (Å²) in [5, 5.41) is 0.682. The Morgan fingerprint density at radius 3 is 2.18 bits per heavy atom. The minimum atomic E-state index is -0.570. The van der Waals surface area contributed by atoms with Gasteiger partial charge in [0.2, 0.25) is 0 Å². The van der Waals surface area contributed by atoms with Crippen LogP contribution in [0.5, 0.6) is 11.5 Å². The first-order valence-electron chi connectivity index (χ1n) is 8.06.